The fourth-order valence-electron chi connectivity index (χ4n) is 1.85. The van der Waals surface area contributed by atoms with Crippen LogP contribution in [0.1, 0.15) is 0 Å². The van der Waals surface area contributed by atoms with E-state index in [-0.39, 0.29) is 0 Å². The highest BCUT2D eigenvalue weighted by molar-refractivity contribution is 6.35. The lowest BCUT2D eigenvalue weighted by Gasteiger charge is -2.07. The van der Waals surface area contributed by atoms with Crippen LogP contribution in [0.15, 0.2) is 42.7 Å². The van der Waals surface area contributed by atoms with E-state index in [0.29, 0.717) is 15.1 Å². The number of aromatic nitrogens is 2. The van der Waals surface area contributed by atoms with Crippen molar-refractivity contribution in [3.05, 3.63) is 57.8 Å². The third-order valence-electron chi connectivity index (χ3n) is 2.68. The normalized spacial score (nSPS) is 11.1. The van der Waals surface area contributed by atoms with Crippen LogP contribution in [0.5, 0.6) is 0 Å². The summed E-state index contributed by atoms with van der Waals surface area (Å²) in [7, 11) is 0. The van der Waals surface area contributed by atoms with E-state index in [9.17, 15) is 0 Å². The molecule has 0 amide bonds. The average Bonchev–Trinajstić information content (AvgIpc) is 2.72. The summed E-state index contributed by atoms with van der Waals surface area (Å²) in [4.78, 5) is 4.31. The minimum absolute atomic E-state index is 0.571. The second-order valence-corrected chi connectivity index (χ2v) is 5.12. The summed E-state index contributed by atoms with van der Waals surface area (Å²) in [6, 6.07) is 10.9. The third kappa shape index (κ3) is 1.97. The van der Waals surface area contributed by atoms with Crippen LogP contribution in [-0.2, 0) is 0 Å². The van der Waals surface area contributed by atoms with Crippen molar-refractivity contribution in [3.8, 4) is 5.69 Å². The lowest BCUT2D eigenvalue weighted by atomic mass is 10.3. The fourth-order valence-corrected chi connectivity index (χ4v) is 2.52. The fraction of sp³-hybridized carbons (Fsp3) is 0. The van der Waals surface area contributed by atoms with E-state index < -0.39 is 0 Å². The maximum atomic E-state index is 6.20. The molecule has 0 saturated heterocycles. The molecule has 0 N–H and O–H groups in total. The Morgan fingerprint density at radius 2 is 1.61 bits per heavy atom. The van der Waals surface area contributed by atoms with Gasteiger partial charge in [-0.1, -0.05) is 34.8 Å². The molecule has 5 heteroatoms. The number of nitrogens with zero attached hydrogens (tertiary/aromatic N) is 2. The predicted molar refractivity (Wildman–Crippen MR) is 76.1 cm³/mol. The zero-order chi connectivity index (χ0) is 12.7. The molecular weight excluding hydrogens is 291 g/mol. The van der Waals surface area contributed by atoms with Gasteiger partial charge in [-0.05, 0) is 36.4 Å². The van der Waals surface area contributed by atoms with E-state index in [1.165, 1.54) is 0 Å². The van der Waals surface area contributed by atoms with E-state index in [2.05, 4.69) is 4.98 Å². The third-order valence-corrected chi connectivity index (χ3v) is 3.45. The van der Waals surface area contributed by atoms with Gasteiger partial charge >= 0.3 is 0 Å². The van der Waals surface area contributed by atoms with Gasteiger partial charge < -0.3 is 0 Å². The van der Waals surface area contributed by atoms with Crippen molar-refractivity contribution in [1.82, 2.24) is 9.55 Å². The highest BCUT2D eigenvalue weighted by Gasteiger charge is 2.08. The highest BCUT2D eigenvalue weighted by atomic mass is 35.5. The molecule has 0 fully saturated rings. The number of rotatable bonds is 1. The molecule has 0 bridgehead atoms. The van der Waals surface area contributed by atoms with Crippen LogP contribution in [-0.4, -0.2) is 9.55 Å². The summed E-state index contributed by atoms with van der Waals surface area (Å²) >= 11 is 18.1. The number of imidazole rings is 1. The average molecular weight is 298 g/mol. The molecule has 0 atom stereocenters. The molecular formula is C13H7Cl3N2. The van der Waals surface area contributed by atoms with E-state index in [4.69, 9.17) is 34.8 Å². The molecule has 0 aliphatic rings. The molecule has 18 heavy (non-hydrogen) atoms. The van der Waals surface area contributed by atoms with Gasteiger partial charge in [0.15, 0.2) is 0 Å². The Labute approximate surface area is 119 Å². The van der Waals surface area contributed by atoms with Crippen LogP contribution < -0.4 is 0 Å². The van der Waals surface area contributed by atoms with Crippen LogP contribution in [0.3, 0.4) is 0 Å². The Morgan fingerprint density at radius 1 is 0.889 bits per heavy atom. The number of benzene rings is 2. The summed E-state index contributed by atoms with van der Waals surface area (Å²) < 4.78 is 1.89. The first-order valence-corrected chi connectivity index (χ1v) is 6.36. The first-order valence-electron chi connectivity index (χ1n) is 5.23. The Balaban J connectivity index is 2.28. The Kier molecular flexibility index (Phi) is 2.94. The van der Waals surface area contributed by atoms with Gasteiger partial charge in [-0.15, -0.1) is 0 Å². The second kappa shape index (κ2) is 4.47. The van der Waals surface area contributed by atoms with Crippen LogP contribution in [0.2, 0.25) is 15.1 Å². The Hall–Kier alpha value is -1.22. The molecule has 0 radical (unpaired) electrons. The SMILES string of the molecule is Clc1ccc(-n2cnc3ccc(Cl)cc32)c(Cl)c1. The summed E-state index contributed by atoms with van der Waals surface area (Å²) in [5.41, 5.74) is 2.60. The number of hydrogen-bond acceptors (Lipinski definition) is 1. The molecule has 3 aromatic rings. The van der Waals surface area contributed by atoms with Gasteiger partial charge in [0, 0.05) is 10.0 Å². The molecule has 1 aromatic heterocycles. The van der Waals surface area contributed by atoms with Crippen LogP contribution in [0.25, 0.3) is 16.7 Å². The smallest absolute Gasteiger partial charge is 0.100 e. The van der Waals surface area contributed by atoms with Crippen molar-refractivity contribution < 1.29 is 0 Å². The van der Waals surface area contributed by atoms with Gasteiger partial charge in [0.2, 0.25) is 0 Å². The number of fused-ring (bicyclic) bond motifs is 1. The molecule has 90 valence electrons. The molecule has 0 aliphatic heterocycles. The van der Waals surface area contributed by atoms with Gasteiger partial charge in [0.1, 0.15) is 6.33 Å². The van der Waals surface area contributed by atoms with E-state index in [0.717, 1.165) is 16.7 Å². The standard InChI is InChI=1S/C13H7Cl3N2/c14-8-2-4-12(10(16)5-8)18-7-17-11-3-1-9(15)6-13(11)18/h1-7H. The molecule has 1 heterocycles. The quantitative estimate of drug-likeness (QED) is 0.619. The molecule has 0 spiro atoms. The second-order valence-electron chi connectivity index (χ2n) is 3.84. The zero-order valence-electron chi connectivity index (χ0n) is 9.07. The van der Waals surface area contributed by atoms with Crippen molar-refractivity contribution in [2.45, 2.75) is 0 Å². The largest absolute Gasteiger partial charge is 0.297 e. The first-order chi connectivity index (χ1) is 8.65. The van der Waals surface area contributed by atoms with E-state index >= 15 is 0 Å². The summed E-state index contributed by atoms with van der Waals surface area (Å²) in [5, 5.41) is 1.84. The van der Waals surface area contributed by atoms with Crippen molar-refractivity contribution >= 4 is 45.8 Å². The van der Waals surface area contributed by atoms with Crippen molar-refractivity contribution in [3.63, 3.8) is 0 Å². The molecule has 2 aromatic carbocycles. The zero-order valence-corrected chi connectivity index (χ0v) is 11.3. The lowest BCUT2D eigenvalue weighted by molar-refractivity contribution is 1.09. The van der Waals surface area contributed by atoms with Gasteiger partial charge in [-0.2, -0.15) is 0 Å². The predicted octanol–water partition coefficient (Wildman–Crippen LogP) is 4.99. The molecule has 0 aliphatic carbocycles. The van der Waals surface area contributed by atoms with Crippen molar-refractivity contribution in [2.24, 2.45) is 0 Å². The Bertz CT molecular complexity index is 734. The highest BCUT2D eigenvalue weighted by Crippen LogP contribution is 2.28. The van der Waals surface area contributed by atoms with Crippen LogP contribution in [0.4, 0.5) is 0 Å². The van der Waals surface area contributed by atoms with Crippen LogP contribution in [0, 0.1) is 0 Å². The van der Waals surface area contributed by atoms with Gasteiger partial charge in [-0.3, -0.25) is 4.57 Å². The first kappa shape index (κ1) is 11.8. The van der Waals surface area contributed by atoms with Crippen molar-refractivity contribution in [1.29, 1.82) is 0 Å². The molecule has 3 rings (SSSR count). The molecule has 2 nitrogen and oxygen atoms in total. The molecule has 0 saturated carbocycles. The van der Waals surface area contributed by atoms with Gasteiger partial charge in [0.25, 0.3) is 0 Å². The summed E-state index contributed by atoms with van der Waals surface area (Å²) in [6.07, 6.45) is 1.72. The lowest BCUT2D eigenvalue weighted by Crippen LogP contribution is -1.92. The van der Waals surface area contributed by atoms with Crippen molar-refractivity contribution in [2.75, 3.05) is 0 Å². The minimum atomic E-state index is 0.571. The number of halogens is 3. The monoisotopic (exact) mass is 296 g/mol. The van der Waals surface area contributed by atoms with E-state index in [1.807, 2.05) is 28.8 Å². The maximum Gasteiger partial charge on any atom is 0.100 e. The van der Waals surface area contributed by atoms with Gasteiger partial charge in [0.05, 0.1) is 21.7 Å². The van der Waals surface area contributed by atoms with E-state index in [1.54, 1.807) is 18.5 Å². The topological polar surface area (TPSA) is 17.8 Å². The number of hydrogen-bond donors (Lipinski definition) is 0. The van der Waals surface area contributed by atoms with Gasteiger partial charge in [-0.25, -0.2) is 4.98 Å². The molecule has 0 unspecified atom stereocenters. The minimum Gasteiger partial charge on any atom is -0.297 e. The summed E-state index contributed by atoms with van der Waals surface area (Å²) in [5.74, 6) is 0. The maximum absolute atomic E-state index is 6.20. The van der Waals surface area contributed by atoms with Crippen LogP contribution >= 0.6 is 34.8 Å². The Morgan fingerprint density at radius 3 is 2.39 bits per heavy atom. The summed E-state index contributed by atoms with van der Waals surface area (Å²) in [6.45, 7) is 0.